The summed E-state index contributed by atoms with van der Waals surface area (Å²) in [4.78, 5) is 2.07. The highest BCUT2D eigenvalue weighted by Gasteiger charge is 2.01. The molecule has 1 aromatic rings. The molecule has 1 atom stereocenters. The summed E-state index contributed by atoms with van der Waals surface area (Å²) in [6.07, 6.45) is 0.838. The zero-order valence-corrected chi connectivity index (χ0v) is 8.99. The number of hydrogen-bond acceptors (Lipinski definition) is 3. The Morgan fingerprint density at radius 1 is 1.29 bits per heavy atom. The SMILES string of the molecule is CC(Cc1ccc(N(C)C)cc1)NO. The van der Waals surface area contributed by atoms with Gasteiger partial charge < -0.3 is 10.1 Å². The molecule has 0 aliphatic heterocycles. The highest BCUT2D eigenvalue weighted by molar-refractivity contribution is 5.46. The van der Waals surface area contributed by atoms with Crippen molar-refractivity contribution in [1.82, 2.24) is 5.48 Å². The van der Waals surface area contributed by atoms with Crippen LogP contribution < -0.4 is 10.4 Å². The Labute approximate surface area is 85.3 Å². The molecule has 0 bridgehead atoms. The molecule has 1 rings (SSSR count). The predicted octanol–water partition coefficient (Wildman–Crippen LogP) is 1.66. The van der Waals surface area contributed by atoms with Gasteiger partial charge in [-0.3, -0.25) is 0 Å². The summed E-state index contributed by atoms with van der Waals surface area (Å²) in [6, 6.07) is 8.44. The lowest BCUT2D eigenvalue weighted by Crippen LogP contribution is -2.24. The lowest BCUT2D eigenvalue weighted by Gasteiger charge is -2.13. The van der Waals surface area contributed by atoms with Crippen molar-refractivity contribution in [2.24, 2.45) is 0 Å². The van der Waals surface area contributed by atoms with Crippen LogP contribution in [0.25, 0.3) is 0 Å². The number of anilines is 1. The lowest BCUT2D eigenvalue weighted by molar-refractivity contribution is 0.133. The van der Waals surface area contributed by atoms with Crippen molar-refractivity contribution in [3.8, 4) is 0 Å². The second-order valence-electron chi connectivity index (χ2n) is 3.80. The third-order valence-corrected chi connectivity index (χ3v) is 2.22. The molecular formula is C11H18N2O. The molecule has 0 aromatic heterocycles. The smallest absolute Gasteiger partial charge is 0.0361 e. The largest absolute Gasteiger partial charge is 0.378 e. The van der Waals surface area contributed by atoms with Gasteiger partial charge in [0.1, 0.15) is 0 Å². The molecule has 78 valence electrons. The molecule has 0 heterocycles. The van der Waals surface area contributed by atoms with E-state index in [0.29, 0.717) is 0 Å². The van der Waals surface area contributed by atoms with Crippen LogP contribution in [0.15, 0.2) is 24.3 Å². The van der Waals surface area contributed by atoms with E-state index in [4.69, 9.17) is 5.21 Å². The molecule has 0 aliphatic rings. The molecule has 3 nitrogen and oxygen atoms in total. The monoisotopic (exact) mass is 194 g/mol. The van der Waals surface area contributed by atoms with Gasteiger partial charge in [0.05, 0.1) is 0 Å². The molecule has 14 heavy (non-hydrogen) atoms. The van der Waals surface area contributed by atoms with Crippen molar-refractivity contribution in [3.05, 3.63) is 29.8 Å². The fraction of sp³-hybridized carbons (Fsp3) is 0.455. The van der Waals surface area contributed by atoms with Gasteiger partial charge in [-0.1, -0.05) is 12.1 Å². The normalized spacial score (nSPS) is 12.6. The van der Waals surface area contributed by atoms with Crippen LogP contribution in [-0.2, 0) is 6.42 Å². The quantitative estimate of drug-likeness (QED) is 0.716. The van der Waals surface area contributed by atoms with E-state index in [0.717, 1.165) is 6.42 Å². The molecule has 0 saturated carbocycles. The molecule has 1 aromatic carbocycles. The number of benzene rings is 1. The topological polar surface area (TPSA) is 35.5 Å². The van der Waals surface area contributed by atoms with Crippen LogP contribution in [0.3, 0.4) is 0 Å². The van der Waals surface area contributed by atoms with Crippen LogP contribution in [0.2, 0.25) is 0 Å². The van der Waals surface area contributed by atoms with E-state index in [2.05, 4.69) is 34.6 Å². The molecule has 0 spiro atoms. The number of nitrogens with one attached hydrogen (secondary N) is 1. The van der Waals surface area contributed by atoms with E-state index in [9.17, 15) is 0 Å². The van der Waals surface area contributed by atoms with Crippen molar-refractivity contribution in [3.63, 3.8) is 0 Å². The summed E-state index contributed by atoms with van der Waals surface area (Å²) in [5.41, 5.74) is 4.66. The first-order valence-electron chi connectivity index (χ1n) is 4.79. The number of rotatable bonds is 4. The standard InChI is InChI=1S/C11H18N2O/c1-9(12-14)8-10-4-6-11(7-5-10)13(2)3/h4-7,9,12,14H,8H2,1-3H3. The predicted molar refractivity (Wildman–Crippen MR) is 58.9 cm³/mol. The molecule has 1 unspecified atom stereocenters. The van der Waals surface area contributed by atoms with E-state index >= 15 is 0 Å². The number of hydroxylamine groups is 1. The summed E-state index contributed by atoms with van der Waals surface area (Å²) >= 11 is 0. The molecular weight excluding hydrogens is 176 g/mol. The minimum atomic E-state index is 0.0974. The van der Waals surface area contributed by atoms with E-state index in [1.807, 2.05) is 21.0 Å². The third kappa shape index (κ3) is 3.01. The van der Waals surface area contributed by atoms with Crippen molar-refractivity contribution < 1.29 is 5.21 Å². The average molecular weight is 194 g/mol. The van der Waals surface area contributed by atoms with Crippen molar-refractivity contribution in [2.45, 2.75) is 19.4 Å². The van der Waals surface area contributed by atoms with Crippen molar-refractivity contribution >= 4 is 5.69 Å². The van der Waals surface area contributed by atoms with Gasteiger partial charge in [-0.15, -0.1) is 0 Å². The van der Waals surface area contributed by atoms with Gasteiger partial charge in [0.25, 0.3) is 0 Å². The van der Waals surface area contributed by atoms with E-state index in [-0.39, 0.29) is 6.04 Å². The summed E-state index contributed by atoms with van der Waals surface area (Å²) in [7, 11) is 4.04. The first-order chi connectivity index (χ1) is 6.63. The summed E-state index contributed by atoms with van der Waals surface area (Å²) in [5, 5.41) is 8.68. The zero-order valence-electron chi connectivity index (χ0n) is 8.99. The van der Waals surface area contributed by atoms with E-state index < -0.39 is 0 Å². The zero-order chi connectivity index (χ0) is 10.6. The fourth-order valence-corrected chi connectivity index (χ4v) is 1.33. The Morgan fingerprint density at radius 2 is 1.86 bits per heavy atom. The molecule has 0 amide bonds. The number of nitrogens with zero attached hydrogens (tertiary/aromatic N) is 1. The van der Waals surface area contributed by atoms with Gasteiger partial charge in [0.2, 0.25) is 0 Å². The van der Waals surface area contributed by atoms with Crippen LogP contribution in [0.1, 0.15) is 12.5 Å². The first kappa shape index (κ1) is 11.0. The number of hydrogen-bond donors (Lipinski definition) is 2. The van der Waals surface area contributed by atoms with Gasteiger partial charge >= 0.3 is 0 Å². The summed E-state index contributed by atoms with van der Waals surface area (Å²) < 4.78 is 0. The minimum Gasteiger partial charge on any atom is -0.378 e. The second-order valence-corrected chi connectivity index (χ2v) is 3.80. The Morgan fingerprint density at radius 3 is 2.29 bits per heavy atom. The fourth-order valence-electron chi connectivity index (χ4n) is 1.33. The molecule has 2 N–H and O–H groups in total. The molecule has 0 radical (unpaired) electrons. The van der Waals surface area contributed by atoms with Gasteiger partial charge in [-0.05, 0) is 31.0 Å². The van der Waals surface area contributed by atoms with Crippen LogP contribution in [0.4, 0.5) is 5.69 Å². The average Bonchev–Trinajstić information content (AvgIpc) is 2.18. The van der Waals surface area contributed by atoms with Crippen LogP contribution in [-0.4, -0.2) is 25.3 Å². The molecule has 3 heteroatoms. The third-order valence-electron chi connectivity index (χ3n) is 2.22. The Hall–Kier alpha value is -1.06. The Balaban J connectivity index is 2.64. The Bertz CT molecular complexity index is 269. The van der Waals surface area contributed by atoms with E-state index in [1.54, 1.807) is 0 Å². The maximum absolute atomic E-state index is 8.68. The van der Waals surface area contributed by atoms with Gasteiger partial charge in [0, 0.05) is 25.8 Å². The Kier molecular flexibility index (Phi) is 3.92. The summed E-state index contributed by atoms with van der Waals surface area (Å²) in [5.74, 6) is 0. The van der Waals surface area contributed by atoms with Crippen molar-refractivity contribution in [2.75, 3.05) is 19.0 Å². The van der Waals surface area contributed by atoms with Crippen LogP contribution in [0.5, 0.6) is 0 Å². The highest BCUT2D eigenvalue weighted by atomic mass is 16.5. The minimum absolute atomic E-state index is 0.0974. The maximum atomic E-state index is 8.68. The van der Waals surface area contributed by atoms with Gasteiger partial charge in [0.15, 0.2) is 0 Å². The van der Waals surface area contributed by atoms with E-state index in [1.165, 1.54) is 11.3 Å². The maximum Gasteiger partial charge on any atom is 0.0361 e. The van der Waals surface area contributed by atoms with Crippen molar-refractivity contribution in [1.29, 1.82) is 0 Å². The lowest BCUT2D eigenvalue weighted by atomic mass is 10.1. The first-order valence-corrected chi connectivity index (χ1v) is 4.79. The van der Waals surface area contributed by atoms with Crippen LogP contribution in [0, 0.1) is 0 Å². The van der Waals surface area contributed by atoms with Gasteiger partial charge in [-0.2, -0.15) is 0 Å². The van der Waals surface area contributed by atoms with Gasteiger partial charge in [-0.25, -0.2) is 5.48 Å². The molecule has 0 aliphatic carbocycles. The second kappa shape index (κ2) is 4.98. The van der Waals surface area contributed by atoms with Crippen LogP contribution >= 0.6 is 0 Å². The summed E-state index contributed by atoms with van der Waals surface area (Å²) in [6.45, 7) is 1.94. The highest BCUT2D eigenvalue weighted by Crippen LogP contribution is 2.13. The molecule has 0 fully saturated rings. The molecule has 0 saturated heterocycles.